The maximum Gasteiger partial charge on any atom is 0.387 e. The first kappa shape index (κ1) is 15.1. The maximum absolute atomic E-state index is 13.4. The third-order valence-electron chi connectivity index (χ3n) is 2.65. The average Bonchev–Trinajstić information content (AvgIpc) is 2.40. The highest BCUT2D eigenvalue weighted by Crippen LogP contribution is 2.23. The Morgan fingerprint density at radius 1 is 0.952 bits per heavy atom. The molecule has 0 aliphatic carbocycles. The van der Waals surface area contributed by atoms with E-state index in [-0.39, 0.29) is 17.8 Å². The molecule has 0 unspecified atom stereocenters. The third kappa shape index (κ3) is 4.08. The van der Waals surface area contributed by atoms with Crippen LogP contribution in [0.5, 0.6) is 5.75 Å². The number of alkyl halides is 2. The molecule has 0 aromatic heterocycles. The van der Waals surface area contributed by atoms with Crippen molar-refractivity contribution in [3.63, 3.8) is 0 Å². The Hall–Kier alpha value is -2.31. The highest BCUT2D eigenvalue weighted by molar-refractivity contribution is 5.47. The van der Waals surface area contributed by atoms with Crippen molar-refractivity contribution in [3.05, 3.63) is 59.4 Å². The lowest BCUT2D eigenvalue weighted by Crippen LogP contribution is -2.05. The first-order chi connectivity index (χ1) is 9.95. The molecule has 0 radical (unpaired) electrons. The molecule has 0 atom stereocenters. The normalized spacial score (nSPS) is 10.8. The van der Waals surface area contributed by atoms with Gasteiger partial charge in [0.25, 0.3) is 0 Å². The minimum Gasteiger partial charge on any atom is -0.432 e. The van der Waals surface area contributed by atoms with E-state index < -0.39 is 29.8 Å². The van der Waals surface area contributed by atoms with E-state index in [0.717, 1.165) is 24.3 Å². The molecule has 112 valence electrons. The van der Waals surface area contributed by atoms with Crippen LogP contribution in [0.3, 0.4) is 0 Å². The number of hydrogen-bond donors (Lipinski definition) is 1. The van der Waals surface area contributed by atoms with Gasteiger partial charge >= 0.3 is 6.61 Å². The van der Waals surface area contributed by atoms with Gasteiger partial charge in [-0.3, -0.25) is 0 Å². The molecule has 0 bridgehead atoms. The fourth-order valence-electron chi connectivity index (χ4n) is 1.66. The van der Waals surface area contributed by atoms with Crippen molar-refractivity contribution >= 4 is 5.69 Å². The molecule has 21 heavy (non-hydrogen) atoms. The van der Waals surface area contributed by atoms with E-state index in [1.807, 2.05) is 0 Å². The largest absolute Gasteiger partial charge is 0.432 e. The summed E-state index contributed by atoms with van der Waals surface area (Å²) in [5, 5.41) is 2.70. The minimum absolute atomic E-state index is 0.0133. The standard InChI is InChI=1S/C14H10F5NO/c15-9-2-1-8(11(16)5-9)7-20-10-3-4-13(12(17)6-10)21-14(18)19/h1-6,14,20H,7H2. The van der Waals surface area contributed by atoms with Crippen LogP contribution < -0.4 is 10.1 Å². The van der Waals surface area contributed by atoms with E-state index in [1.54, 1.807) is 0 Å². The minimum atomic E-state index is -3.12. The Kier molecular flexibility index (Phi) is 4.62. The molecular formula is C14H10F5NO. The van der Waals surface area contributed by atoms with Crippen LogP contribution in [0.4, 0.5) is 27.6 Å². The van der Waals surface area contributed by atoms with Crippen LogP contribution in [0.15, 0.2) is 36.4 Å². The number of halogens is 5. The van der Waals surface area contributed by atoms with Gasteiger partial charge in [-0.2, -0.15) is 8.78 Å². The van der Waals surface area contributed by atoms with E-state index >= 15 is 0 Å². The molecule has 2 nitrogen and oxygen atoms in total. The van der Waals surface area contributed by atoms with Gasteiger partial charge in [-0.05, 0) is 18.2 Å². The Labute approximate surface area is 117 Å². The van der Waals surface area contributed by atoms with Crippen LogP contribution in [-0.2, 0) is 6.54 Å². The topological polar surface area (TPSA) is 21.3 Å². The van der Waals surface area contributed by atoms with Crippen molar-refractivity contribution in [3.8, 4) is 5.75 Å². The molecule has 0 aliphatic heterocycles. The fourth-order valence-corrected chi connectivity index (χ4v) is 1.66. The van der Waals surface area contributed by atoms with Crippen molar-refractivity contribution in [2.45, 2.75) is 13.2 Å². The van der Waals surface area contributed by atoms with E-state index in [2.05, 4.69) is 10.1 Å². The predicted octanol–water partition coefficient (Wildman–Crippen LogP) is 4.32. The molecule has 0 spiro atoms. The van der Waals surface area contributed by atoms with E-state index in [1.165, 1.54) is 12.1 Å². The van der Waals surface area contributed by atoms with Gasteiger partial charge < -0.3 is 10.1 Å². The first-order valence-electron chi connectivity index (χ1n) is 5.88. The maximum atomic E-state index is 13.4. The van der Waals surface area contributed by atoms with Gasteiger partial charge in [0, 0.05) is 29.9 Å². The Morgan fingerprint density at radius 3 is 2.33 bits per heavy atom. The fraction of sp³-hybridized carbons (Fsp3) is 0.143. The van der Waals surface area contributed by atoms with Crippen molar-refractivity contribution in [1.82, 2.24) is 0 Å². The van der Waals surface area contributed by atoms with Gasteiger partial charge in [0.2, 0.25) is 0 Å². The average molecular weight is 303 g/mol. The molecule has 1 N–H and O–H groups in total. The van der Waals surface area contributed by atoms with E-state index in [0.29, 0.717) is 0 Å². The first-order valence-corrected chi connectivity index (χ1v) is 5.88. The van der Waals surface area contributed by atoms with Crippen LogP contribution in [0.25, 0.3) is 0 Å². The Morgan fingerprint density at radius 2 is 1.71 bits per heavy atom. The van der Waals surface area contributed by atoms with Crippen molar-refractivity contribution in [1.29, 1.82) is 0 Å². The van der Waals surface area contributed by atoms with Crippen molar-refractivity contribution in [2.75, 3.05) is 5.32 Å². The van der Waals surface area contributed by atoms with Gasteiger partial charge in [0.05, 0.1) is 0 Å². The quantitative estimate of drug-likeness (QED) is 0.831. The lowest BCUT2D eigenvalue weighted by molar-refractivity contribution is -0.0521. The highest BCUT2D eigenvalue weighted by Gasteiger charge is 2.10. The monoisotopic (exact) mass is 303 g/mol. The summed E-state index contributed by atoms with van der Waals surface area (Å²) in [6.45, 7) is -3.13. The number of nitrogens with one attached hydrogen (secondary N) is 1. The lowest BCUT2D eigenvalue weighted by Gasteiger charge is -2.10. The molecular weight excluding hydrogens is 293 g/mol. The summed E-state index contributed by atoms with van der Waals surface area (Å²) >= 11 is 0. The van der Waals surface area contributed by atoms with Crippen LogP contribution in [-0.4, -0.2) is 6.61 Å². The summed E-state index contributed by atoms with van der Waals surface area (Å²) in [6.07, 6.45) is 0. The number of ether oxygens (including phenoxy) is 1. The number of anilines is 1. The van der Waals surface area contributed by atoms with Crippen molar-refractivity contribution < 1.29 is 26.7 Å². The number of benzene rings is 2. The van der Waals surface area contributed by atoms with Gasteiger partial charge in [-0.15, -0.1) is 0 Å². The van der Waals surface area contributed by atoms with Gasteiger partial charge in [0.1, 0.15) is 11.6 Å². The molecule has 0 fully saturated rings. The summed E-state index contributed by atoms with van der Waals surface area (Å²) < 4.78 is 67.5. The highest BCUT2D eigenvalue weighted by atomic mass is 19.3. The van der Waals surface area contributed by atoms with E-state index in [4.69, 9.17) is 0 Å². The second kappa shape index (κ2) is 6.43. The van der Waals surface area contributed by atoms with Gasteiger partial charge in [-0.25, -0.2) is 13.2 Å². The second-order valence-electron chi connectivity index (χ2n) is 4.11. The van der Waals surface area contributed by atoms with Crippen LogP contribution in [0, 0.1) is 17.5 Å². The van der Waals surface area contributed by atoms with Gasteiger partial charge in [0.15, 0.2) is 11.6 Å². The molecule has 0 amide bonds. The number of rotatable bonds is 5. The molecule has 2 aromatic carbocycles. The molecule has 0 saturated carbocycles. The third-order valence-corrected chi connectivity index (χ3v) is 2.65. The molecule has 0 aliphatic rings. The molecule has 0 heterocycles. The zero-order chi connectivity index (χ0) is 15.4. The summed E-state index contributed by atoms with van der Waals surface area (Å²) in [5.41, 5.74) is 0.433. The molecule has 0 saturated heterocycles. The Balaban J connectivity index is 2.05. The summed E-state index contributed by atoms with van der Waals surface area (Å²) in [5.74, 6) is -2.99. The smallest absolute Gasteiger partial charge is 0.387 e. The molecule has 2 rings (SSSR count). The summed E-state index contributed by atoms with van der Waals surface area (Å²) in [6, 6.07) is 6.37. The molecule has 2 aromatic rings. The van der Waals surface area contributed by atoms with E-state index in [9.17, 15) is 22.0 Å². The lowest BCUT2D eigenvalue weighted by atomic mass is 10.2. The van der Waals surface area contributed by atoms with Gasteiger partial charge in [-0.1, -0.05) is 6.07 Å². The van der Waals surface area contributed by atoms with Crippen LogP contribution >= 0.6 is 0 Å². The Bertz CT molecular complexity index is 633. The summed E-state index contributed by atoms with van der Waals surface area (Å²) in [7, 11) is 0. The SMILES string of the molecule is Fc1ccc(CNc2ccc(OC(F)F)c(F)c2)c(F)c1. The predicted molar refractivity (Wildman–Crippen MR) is 66.7 cm³/mol. The van der Waals surface area contributed by atoms with Crippen LogP contribution in [0.1, 0.15) is 5.56 Å². The summed E-state index contributed by atoms with van der Waals surface area (Å²) in [4.78, 5) is 0. The molecule has 7 heteroatoms. The zero-order valence-electron chi connectivity index (χ0n) is 10.5. The number of hydrogen-bond acceptors (Lipinski definition) is 2. The second-order valence-corrected chi connectivity index (χ2v) is 4.11. The van der Waals surface area contributed by atoms with Crippen LogP contribution in [0.2, 0.25) is 0 Å². The zero-order valence-corrected chi connectivity index (χ0v) is 10.5. The van der Waals surface area contributed by atoms with Crippen molar-refractivity contribution in [2.24, 2.45) is 0 Å².